The summed E-state index contributed by atoms with van der Waals surface area (Å²) in [6, 6.07) is 6.98. The molecule has 1 aliphatic heterocycles. The minimum Gasteiger partial charge on any atom is -0.450 e. The van der Waals surface area contributed by atoms with Gasteiger partial charge in [-0.25, -0.2) is 4.79 Å². The van der Waals surface area contributed by atoms with Crippen molar-refractivity contribution in [3.63, 3.8) is 0 Å². The smallest absolute Gasteiger partial charge is 0.407 e. The van der Waals surface area contributed by atoms with Gasteiger partial charge in [0.2, 0.25) is 0 Å². The number of rotatable bonds is 4. The molecule has 1 amide bonds. The van der Waals surface area contributed by atoms with Crippen molar-refractivity contribution < 1.29 is 9.53 Å². The van der Waals surface area contributed by atoms with Gasteiger partial charge >= 0.3 is 6.09 Å². The van der Waals surface area contributed by atoms with E-state index in [4.69, 9.17) is 4.74 Å². The number of allylic oxidation sites excluding steroid dienone is 1. The molecule has 1 aliphatic carbocycles. The number of alkyl carbamates (subject to hydrolysis) is 1. The number of hydrogen-bond donors (Lipinski definition) is 1. The van der Waals surface area contributed by atoms with Crippen LogP contribution >= 0.6 is 0 Å². The number of benzene rings is 1. The maximum Gasteiger partial charge on any atom is 0.407 e. The number of hydrogen-bond acceptors (Lipinski definition) is 2. The van der Waals surface area contributed by atoms with Crippen LogP contribution in [0, 0.1) is 5.92 Å². The molecular weight excluding hydrogens is 286 g/mol. The van der Waals surface area contributed by atoms with E-state index >= 15 is 0 Å². The first-order valence-electron chi connectivity index (χ1n) is 8.89. The van der Waals surface area contributed by atoms with Crippen LogP contribution in [-0.4, -0.2) is 19.2 Å². The zero-order chi connectivity index (χ0) is 16.1. The van der Waals surface area contributed by atoms with Gasteiger partial charge in [-0.15, -0.1) is 6.58 Å². The first-order chi connectivity index (χ1) is 11.3. The molecule has 0 unspecified atom stereocenters. The highest BCUT2D eigenvalue weighted by Crippen LogP contribution is 2.32. The number of cyclic esters (lactones) is 1. The molecule has 0 spiro atoms. The second kappa shape index (κ2) is 7.67. The fourth-order valence-electron chi connectivity index (χ4n) is 3.84. The van der Waals surface area contributed by atoms with E-state index in [1.807, 2.05) is 6.08 Å². The van der Waals surface area contributed by atoms with E-state index in [0.29, 0.717) is 19.1 Å². The Bertz CT molecular complexity index is 567. The summed E-state index contributed by atoms with van der Waals surface area (Å²) in [7, 11) is 0. The van der Waals surface area contributed by atoms with Gasteiger partial charge in [0.1, 0.15) is 0 Å². The summed E-state index contributed by atoms with van der Waals surface area (Å²) in [6.45, 7) is 5.04. The lowest BCUT2D eigenvalue weighted by Gasteiger charge is -2.27. The number of amides is 1. The molecule has 3 rings (SSSR count). The first-order valence-corrected chi connectivity index (χ1v) is 8.89. The van der Waals surface area contributed by atoms with Gasteiger partial charge in [-0.05, 0) is 67.6 Å². The molecule has 0 bridgehead atoms. The third kappa shape index (κ3) is 4.15. The fourth-order valence-corrected chi connectivity index (χ4v) is 3.84. The molecule has 0 saturated carbocycles. The summed E-state index contributed by atoms with van der Waals surface area (Å²) in [4.78, 5) is 11.4. The Morgan fingerprint density at radius 3 is 3.09 bits per heavy atom. The van der Waals surface area contributed by atoms with Crippen LogP contribution in [0.5, 0.6) is 0 Å². The van der Waals surface area contributed by atoms with Crippen molar-refractivity contribution in [2.24, 2.45) is 5.92 Å². The molecule has 124 valence electrons. The lowest BCUT2D eigenvalue weighted by Crippen LogP contribution is -2.31. The zero-order valence-electron chi connectivity index (χ0n) is 13.9. The van der Waals surface area contributed by atoms with Crippen LogP contribution in [0.2, 0.25) is 0 Å². The summed E-state index contributed by atoms with van der Waals surface area (Å²) in [6.07, 6.45) is 9.84. The largest absolute Gasteiger partial charge is 0.450 e. The second-order valence-electron chi connectivity index (χ2n) is 6.86. The minimum absolute atomic E-state index is 0.280. The molecule has 0 radical (unpaired) electrons. The Morgan fingerprint density at radius 1 is 1.30 bits per heavy atom. The normalized spacial score (nSPS) is 24.6. The van der Waals surface area contributed by atoms with Gasteiger partial charge in [0, 0.05) is 12.5 Å². The van der Waals surface area contributed by atoms with Gasteiger partial charge < -0.3 is 10.1 Å². The Labute approximate surface area is 139 Å². The first kappa shape index (κ1) is 16.1. The third-order valence-electron chi connectivity index (χ3n) is 5.23. The minimum atomic E-state index is -0.280. The van der Waals surface area contributed by atoms with Crippen LogP contribution in [0.1, 0.15) is 54.7 Å². The number of nitrogens with one attached hydrogen (secondary N) is 1. The highest BCUT2D eigenvalue weighted by Gasteiger charge is 2.21. The molecule has 2 atom stereocenters. The van der Waals surface area contributed by atoms with Crippen LogP contribution in [0.25, 0.3) is 0 Å². The van der Waals surface area contributed by atoms with Crippen molar-refractivity contribution in [2.45, 2.75) is 50.9 Å². The van der Waals surface area contributed by atoms with Crippen LogP contribution in [0.4, 0.5) is 4.79 Å². The quantitative estimate of drug-likeness (QED) is 0.839. The molecule has 0 aromatic heterocycles. The highest BCUT2D eigenvalue weighted by atomic mass is 16.5. The van der Waals surface area contributed by atoms with Gasteiger partial charge in [0.05, 0.1) is 6.61 Å². The van der Waals surface area contributed by atoms with Crippen molar-refractivity contribution in [3.05, 3.63) is 47.5 Å². The van der Waals surface area contributed by atoms with E-state index in [-0.39, 0.29) is 6.09 Å². The van der Waals surface area contributed by atoms with Crippen molar-refractivity contribution in [1.82, 2.24) is 5.32 Å². The SMILES string of the molecule is C=CCC[C@@H]1CCc2cc([C@H]3CCCOC(=O)NC3)ccc2C1. The Kier molecular flexibility index (Phi) is 5.37. The van der Waals surface area contributed by atoms with Gasteiger partial charge in [0.25, 0.3) is 0 Å². The van der Waals surface area contributed by atoms with Crippen molar-refractivity contribution in [3.8, 4) is 0 Å². The summed E-state index contributed by atoms with van der Waals surface area (Å²) in [5.74, 6) is 1.22. The number of fused-ring (bicyclic) bond motifs is 1. The Morgan fingerprint density at radius 2 is 2.22 bits per heavy atom. The van der Waals surface area contributed by atoms with E-state index < -0.39 is 0 Å². The standard InChI is InChI=1S/C20H27NO2/c1-2-3-5-15-7-8-17-13-18(10-9-16(17)12-15)19-6-4-11-23-20(22)21-14-19/h2,9-10,13,15,19H,1,3-8,11-12,14H2,(H,21,22)/t15-,19+/m1/s1. The maximum atomic E-state index is 11.4. The number of aryl methyl sites for hydroxylation is 1. The summed E-state index contributed by atoms with van der Waals surface area (Å²) in [5, 5.41) is 2.87. The van der Waals surface area contributed by atoms with Gasteiger partial charge in [-0.2, -0.15) is 0 Å². The van der Waals surface area contributed by atoms with Crippen molar-refractivity contribution >= 4 is 6.09 Å². The Hall–Kier alpha value is -1.77. The van der Waals surface area contributed by atoms with E-state index in [1.165, 1.54) is 42.4 Å². The molecule has 23 heavy (non-hydrogen) atoms. The predicted octanol–water partition coefficient (Wildman–Crippen LogP) is 4.36. The van der Waals surface area contributed by atoms with E-state index in [2.05, 4.69) is 30.1 Å². The van der Waals surface area contributed by atoms with Gasteiger partial charge in [-0.3, -0.25) is 0 Å². The van der Waals surface area contributed by atoms with Crippen molar-refractivity contribution in [2.75, 3.05) is 13.2 Å². The fraction of sp³-hybridized carbons (Fsp3) is 0.550. The number of carbonyl (C=O) groups is 1. The molecule has 3 heteroatoms. The third-order valence-corrected chi connectivity index (χ3v) is 5.23. The average Bonchev–Trinajstić information content (AvgIpc) is 2.56. The van der Waals surface area contributed by atoms with Crippen LogP contribution in [0.15, 0.2) is 30.9 Å². The molecule has 1 heterocycles. The summed E-state index contributed by atoms with van der Waals surface area (Å²) >= 11 is 0. The van der Waals surface area contributed by atoms with Gasteiger partial charge in [-0.1, -0.05) is 24.3 Å². The van der Waals surface area contributed by atoms with Gasteiger partial charge in [0.15, 0.2) is 0 Å². The molecule has 3 nitrogen and oxygen atoms in total. The van der Waals surface area contributed by atoms with E-state index in [9.17, 15) is 4.79 Å². The topological polar surface area (TPSA) is 38.3 Å². The van der Waals surface area contributed by atoms with Crippen LogP contribution in [0.3, 0.4) is 0 Å². The molecule has 2 aliphatic rings. The molecular formula is C20H27NO2. The highest BCUT2D eigenvalue weighted by molar-refractivity contribution is 5.67. The molecule has 1 fully saturated rings. The van der Waals surface area contributed by atoms with Crippen LogP contribution < -0.4 is 5.32 Å². The van der Waals surface area contributed by atoms with E-state index in [0.717, 1.165) is 25.2 Å². The molecule has 1 N–H and O–H groups in total. The zero-order valence-corrected chi connectivity index (χ0v) is 13.9. The maximum absolute atomic E-state index is 11.4. The number of carbonyl (C=O) groups excluding carboxylic acids is 1. The summed E-state index contributed by atoms with van der Waals surface area (Å²) < 4.78 is 5.04. The van der Waals surface area contributed by atoms with Crippen LogP contribution in [-0.2, 0) is 17.6 Å². The van der Waals surface area contributed by atoms with Crippen molar-refractivity contribution in [1.29, 1.82) is 0 Å². The lowest BCUT2D eigenvalue weighted by molar-refractivity contribution is 0.136. The number of ether oxygens (including phenoxy) is 1. The lowest BCUT2D eigenvalue weighted by atomic mass is 9.80. The predicted molar refractivity (Wildman–Crippen MR) is 92.7 cm³/mol. The Balaban J connectivity index is 1.68. The average molecular weight is 313 g/mol. The summed E-state index contributed by atoms with van der Waals surface area (Å²) in [5.41, 5.74) is 4.41. The van der Waals surface area contributed by atoms with E-state index in [1.54, 1.807) is 0 Å². The monoisotopic (exact) mass is 313 g/mol. The second-order valence-corrected chi connectivity index (χ2v) is 6.86. The molecule has 1 saturated heterocycles. The molecule has 1 aromatic carbocycles. The molecule has 1 aromatic rings.